The summed E-state index contributed by atoms with van der Waals surface area (Å²) < 4.78 is 0. The Kier molecular flexibility index (Phi) is 6.75. The predicted molar refractivity (Wildman–Crippen MR) is 142 cm³/mol. The Labute approximate surface area is 213 Å². The lowest BCUT2D eigenvalue weighted by atomic mass is 9.90. The normalized spacial score (nSPS) is 16.2. The zero-order chi connectivity index (χ0) is 24.2. The van der Waals surface area contributed by atoms with Gasteiger partial charge in [0, 0.05) is 30.9 Å². The zero-order valence-electron chi connectivity index (χ0n) is 18.8. The van der Waals surface area contributed by atoms with E-state index in [1.165, 1.54) is 11.6 Å². The molecule has 1 atom stereocenters. The van der Waals surface area contributed by atoms with Crippen molar-refractivity contribution < 1.29 is 0 Å². The SMILES string of the molecule is N#C/C=C(\Nc1cccc(C2CCCN(c3ncnc4[nH]ccc34)C2)c1)Nc1c(Cl)cccc1Cl. The van der Waals surface area contributed by atoms with E-state index < -0.39 is 0 Å². The number of nitrogens with zero attached hydrogens (tertiary/aromatic N) is 4. The first-order chi connectivity index (χ1) is 17.1. The molecule has 0 bridgehead atoms. The molecule has 3 heterocycles. The molecule has 2 aromatic carbocycles. The van der Waals surface area contributed by atoms with Gasteiger partial charge in [0.05, 0.1) is 33.3 Å². The predicted octanol–water partition coefficient (Wildman–Crippen LogP) is 6.54. The quantitative estimate of drug-likeness (QED) is 0.258. The first kappa shape index (κ1) is 23.0. The Balaban J connectivity index is 1.35. The Morgan fingerprint density at radius 2 is 1.94 bits per heavy atom. The standard InChI is InChI=1S/C26H23Cl2N7/c27-21-7-2-8-22(28)24(21)34-23(9-11-29)33-19-6-1-4-17(14-19)18-5-3-13-35(15-18)26-20-10-12-30-25(20)31-16-32-26/h1-2,4,6-10,12,14,16,18,33-34H,3,5,13,15H2,(H,30,31,32)/b23-9+. The summed E-state index contributed by atoms with van der Waals surface area (Å²) in [5.41, 5.74) is 3.49. The molecule has 5 rings (SSSR count). The minimum atomic E-state index is 0.351. The van der Waals surface area contributed by atoms with Crippen molar-refractivity contribution in [3.8, 4) is 6.07 Å². The smallest absolute Gasteiger partial charge is 0.142 e. The van der Waals surface area contributed by atoms with Crippen LogP contribution in [0.25, 0.3) is 11.0 Å². The van der Waals surface area contributed by atoms with Crippen molar-refractivity contribution in [1.29, 1.82) is 5.26 Å². The minimum Gasteiger partial charge on any atom is -0.355 e. The average Bonchev–Trinajstić information content (AvgIpc) is 3.36. The van der Waals surface area contributed by atoms with Crippen molar-refractivity contribution in [3.63, 3.8) is 0 Å². The number of anilines is 3. The molecule has 3 N–H and O–H groups in total. The van der Waals surface area contributed by atoms with Gasteiger partial charge in [-0.1, -0.05) is 41.4 Å². The van der Waals surface area contributed by atoms with Gasteiger partial charge in [0.2, 0.25) is 0 Å². The van der Waals surface area contributed by atoms with E-state index in [4.69, 9.17) is 23.2 Å². The van der Waals surface area contributed by atoms with Gasteiger partial charge in [-0.3, -0.25) is 0 Å². The van der Waals surface area contributed by atoms with Crippen molar-refractivity contribution in [2.24, 2.45) is 0 Å². The Bertz CT molecular complexity index is 1400. The van der Waals surface area contributed by atoms with Crippen LogP contribution in [0.4, 0.5) is 17.2 Å². The zero-order valence-corrected chi connectivity index (χ0v) is 20.3. The van der Waals surface area contributed by atoms with Crippen LogP contribution in [0.3, 0.4) is 0 Å². The molecule has 0 saturated carbocycles. The van der Waals surface area contributed by atoms with Gasteiger partial charge >= 0.3 is 0 Å². The van der Waals surface area contributed by atoms with Crippen LogP contribution in [0.1, 0.15) is 24.3 Å². The number of benzene rings is 2. The van der Waals surface area contributed by atoms with Gasteiger partial charge in [0.25, 0.3) is 0 Å². The van der Waals surface area contributed by atoms with Crippen molar-refractivity contribution in [3.05, 3.63) is 88.6 Å². The van der Waals surface area contributed by atoms with Crippen LogP contribution in [0.15, 0.2) is 73.0 Å². The number of aromatic nitrogens is 3. The number of hydrogen-bond acceptors (Lipinski definition) is 6. The molecule has 1 unspecified atom stereocenters. The van der Waals surface area contributed by atoms with Crippen LogP contribution in [0, 0.1) is 11.3 Å². The molecule has 2 aromatic heterocycles. The van der Waals surface area contributed by atoms with E-state index >= 15 is 0 Å². The summed E-state index contributed by atoms with van der Waals surface area (Å²) in [6, 6.07) is 17.6. The molecule has 4 aromatic rings. The van der Waals surface area contributed by atoms with Crippen molar-refractivity contribution in [2.45, 2.75) is 18.8 Å². The van der Waals surface area contributed by atoms with Crippen LogP contribution < -0.4 is 15.5 Å². The molecule has 1 aliphatic heterocycles. The first-order valence-electron chi connectivity index (χ1n) is 11.3. The summed E-state index contributed by atoms with van der Waals surface area (Å²) in [6.07, 6.45) is 7.07. The third-order valence-corrected chi connectivity index (χ3v) is 6.75. The van der Waals surface area contributed by atoms with Crippen LogP contribution >= 0.6 is 23.2 Å². The van der Waals surface area contributed by atoms with E-state index in [0.29, 0.717) is 27.5 Å². The maximum Gasteiger partial charge on any atom is 0.142 e. The summed E-state index contributed by atoms with van der Waals surface area (Å²) in [5.74, 6) is 1.81. The maximum absolute atomic E-state index is 9.30. The van der Waals surface area contributed by atoms with E-state index in [1.54, 1.807) is 24.5 Å². The molecule has 35 heavy (non-hydrogen) atoms. The number of allylic oxidation sites excluding steroid dienone is 1. The summed E-state index contributed by atoms with van der Waals surface area (Å²) in [6.45, 7) is 1.83. The fourth-order valence-corrected chi connectivity index (χ4v) is 4.99. The highest BCUT2D eigenvalue weighted by Crippen LogP contribution is 2.34. The minimum absolute atomic E-state index is 0.351. The maximum atomic E-state index is 9.30. The number of aromatic amines is 1. The van der Waals surface area contributed by atoms with Gasteiger partial charge in [0.15, 0.2) is 0 Å². The highest BCUT2D eigenvalue weighted by atomic mass is 35.5. The number of para-hydroxylation sites is 1. The van der Waals surface area contributed by atoms with E-state index in [9.17, 15) is 5.26 Å². The van der Waals surface area contributed by atoms with E-state index in [-0.39, 0.29) is 0 Å². The van der Waals surface area contributed by atoms with Crippen molar-refractivity contribution in [2.75, 3.05) is 28.6 Å². The van der Waals surface area contributed by atoms with Crippen LogP contribution in [0.2, 0.25) is 10.0 Å². The lowest BCUT2D eigenvalue weighted by Crippen LogP contribution is -2.35. The van der Waals surface area contributed by atoms with Crippen LogP contribution in [-0.4, -0.2) is 28.0 Å². The van der Waals surface area contributed by atoms with Crippen LogP contribution in [-0.2, 0) is 0 Å². The third kappa shape index (κ3) is 5.04. The van der Waals surface area contributed by atoms with Gasteiger partial charge < -0.3 is 20.5 Å². The summed E-state index contributed by atoms with van der Waals surface area (Å²) in [4.78, 5) is 14.4. The van der Waals surface area contributed by atoms with Crippen molar-refractivity contribution >= 4 is 51.4 Å². The number of nitrogens with one attached hydrogen (secondary N) is 3. The Hall–Kier alpha value is -3.73. The second kappa shape index (κ2) is 10.3. The van der Waals surface area contributed by atoms with E-state index in [2.05, 4.69) is 48.7 Å². The lowest BCUT2D eigenvalue weighted by Gasteiger charge is -2.34. The molecule has 0 amide bonds. The van der Waals surface area contributed by atoms with E-state index in [1.807, 2.05) is 24.4 Å². The van der Waals surface area contributed by atoms with Gasteiger partial charge in [-0.2, -0.15) is 5.26 Å². The molecule has 1 aliphatic rings. The molecule has 7 nitrogen and oxygen atoms in total. The molecular formula is C26H23Cl2N7. The summed E-state index contributed by atoms with van der Waals surface area (Å²) in [7, 11) is 0. The Morgan fingerprint density at radius 3 is 2.77 bits per heavy atom. The van der Waals surface area contributed by atoms with Gasteiger partial charge in [-0.05, 0) is 48.7 Å². The second-order valence-electron chi connectivity index (χ2n) is 8.38. The number of nitriles is 1. The molecular weight excluding hydrogens is 481 g/mol. The van der Waals surface area contributed by atoms with Gasteiger partial charge in [-0.25, -0.2) is 9.97 Å². The van der Waals surface area contributed by atoms with Crippen molar-refractivity contribution in [1.82, 2.24) is 15.0 Å². The van der Waals surface area contributed by atoms with Gasteiger partial charge in [0.1, 0.15) is 23.6 Å². The summed E-state index contributed by atoms with van der Waals surface area (Å²) in [5, 5.41) is 17.7. The number of fused-ring (bicyclic) bond motifs is 1. The number of halogens is 2. The molecule has 176 valence electrons. The average molecular weight is 504 g/mol. The molecule has 1 saturated heterocycles. The topological polar surface area (TPSA) is 92.7 Å². The number of hydrogen-bond donors (Lipinski definition) is 3. The molecule has 1 fully saturated rings. The Morgan fingerprint density at radius 1 is 1.11 bits per heavy atom. The molecule has 9 heteroatoms. The third-order valence-electron chi connectivity index (χ3n) is 6.12. The first-order valence-corrected chi connectivity index (χ1v) is 12.1. The monoisotopic (exact) mass is 503 g/mol. The number of H-pyrrole nitrogens is 1. The second-order valence-corrected chi connectivity index (χ2v) is 9.20. The fraction of sp³-hybridized carbons (Fsp3) is 0.192. The largest absolute Gasteiger partial charge is 0.355 e. The molecule has 0 aliphatic carbocycles. The highest BCUT2D eigenvalue weighted by molar-refractivity contribution is 6.39. The fourth-order valence-electron chi connectivity index (χ4n) is 4.50. The highest BCUT2D eigenvalue weighted by Gasteiger charge is 2.24. The van der Waals surface area contributed by atoms with E-state index in [0.717, 1.165) is 48.5 Å². The molecule has 0 radical (unpaired) electrons. The van der Waals surface area contributed by atoms with Crippen LogP contribution in [0.5, 0.6) is 0 Å². The number of piperidine rings is 1. The van der Waals surface area contributed by atoms with Gasteiger partial charge in [-0.15, -0.1) is 0 Å². The lowest BCUT2D eigenvalue weighted by molar-refractivity contribution is 0.508. The number of rotatable bonds is 6. The molecule has 0 spiro atoms. The summed E-state index contributed by atoms with van der Waals surface area (Å²) >= 11 is 12.6.